The average molecular weight is 305 g/mol. The van der Waals surface area contributed by atoms with E-state index in [-0.39, 0.29) is 5.91 Å². The molecule has 0 heterocycles. The molecule has 1 N–H and O–H groups in total. The lowest BCUT2D eigenvalue weighted by Gasteiger charge is -2.08. The molecule has 0 spiro atoms. The van der Waals surface area contributed by atoms with Crippen LogP contribution in [0.2, 0.25) is 10.0 Å². The van der Waals surface area contributed by atoms with Gasteiger partial charge in [0.25, 0.3) is 5.91 Å². The number of halogens is 2. The van der Waals surface area contributed by atoms with Crippen molar-refractivity contribution in [2.24, 2.45) is 0 Å². The number of carbonyl (C=O) groups is 1. The Morgan fingerprint density at radius 2 is 1.95 bits per heavy atom. The van der Waals surface area contributed by atoms with E-state index in [1.54, 1.807) is 36.4 Å². The van der Waals surface area contributed by atoms with E-state index >= 15 is 0 Å². The summed E-state index contributed by atoms with van der Waals surface area (Å²) in [5.41, 5.74) is 2.02. The lowest BCUT2D eigenvalue weighted by molar-refractivity contribution is 0.102. The van der Waals surface area contributed by atoms with Crippen LogP contribution in [0.3, 0.4) is 0 Å². The lowest BCUT2D eigenvalue weighted by Crippen LogP contribution is -2.13. The Bertz CT molecular complexity index is 720. The quantitative estimate of drug-likeness (QED) is 0.892. The second-order valence-electron chi connectivity index (χ2n) is 4.22. The molecule has 1 amide bonds. The molecule has 2 rings (SSSR count). The third-order valence-corrected chi connectivity index (χ3v) is 3.43. The predicted octanol–water partition coefficient (Wildman–Crippen LogP) is 4.43. The van der Waals surface area contributed by atoms with E-state index in [2.05, 4.69) is 5.32 Å². The van der Waals surface area contributed by atoms with E-state index in [4.69, 9.17) is 28.5 Å². The number of nitrogens with zero attached hydrogens (tertiary/aromatic N) is 1. The number of nitriles is 1. The maximum absolute atomic E-state index is 12.2. The molecule has 0 aromatic heterocycles. The van der Waals surface area contributed by atoms with E-state index < -0.39 is 0 Å². The van der Waals surface area contributed by atoms with E-state index in [0.29, 0.717) is 26.9 Å². The van der Waals surface area contributed by atoms with Gasteiger partial charge in [0.2, 0.25) is 0 Å². The molecule has 20 heavy (non-hydrogen) atoms. The zero-order valence-corrected chi connectivity index (χ0v) is 12.1. The van der Waals surface area contributed by atoms with Crippen molar-refractivity contribution in [2.75, 3.05) is 5.32 Å². The summed E-state index contributed by atoms with van der Waals surface area (Å²) in [7, 11) is 0. The molecule has 0 bridgehead atoms. The monoisotopic (exact) mass is 304 g/mol. The van der Waals surface area contributed by atoms with E-state index in [0.717, 1.165) is 5.56 Å². The number of amides is 1. The second-order valence-corrected chi connectivity index (χ2v) is 5.06. The lowest BCUT2D eigenvalue weighted by atomic mass is 10.1. The van der Waals surface area contributed by atoms with Gasteiger partial charge in [-0.2, -0.15) is 5.26 Å². The van der Waals surface area contributed by atoms with Gasteiger partial charge in [-0.3, -0.25) is 4.79 Å². The molecule has 2 aromatic rings. The van der Waals surface area contributed by atoms with E-state index in [9.17, 15) is 4.79 Å². The third kappa shape index (κ3) is 3.11. The Hall–Kier alpha value is -2.02. The standard InChI is InChI=1S/C15H10Cl2N2O/c1-9-6-10(3-5-13(9)17)15(20)19-14-7-12(16)4-2-11(14)8-18/h2-7H,1H3,(H,19,20). The Morgan fingerprint density at radius 3 is 2.60 bits per heavy atom. The van der Waals surface area contributed by atoms with Gasteiger partial charge in [-0.25, -0.2) is 0 Å². The minimum Gasteiger partial charge on any atom is -0.321 e. The van der Waals surface area contributed by atoms with Gasteiger partial charge in [-0.15, -0.1) is 0 Å². The molecule has 0 aliphatic carbocycles. The Morgan fingerprint density at radius 1 is 1.20 bits per heavy atom. The van der Waals surface area contributed by atoms with Crippen LogP contribution in [0.5, 0.6) is 0 Å². The predicted molar refractivity (Wildman–Crippen MR) is 80.3 cm³/mol. The topological polar surface area (TPSA) is 52.9 Å². The zero-order chi connectivity index (χ0) is 14.7. The Labute approximate surface area is 126 Å². The van der Waals surface area contributed by atoms with E-state index in [1.807, 2.05) is 13.0 Å². The summed E-state index contributed by atoms with van der Waals surface area (Å²) in [6.07, 6.45) is 0. The highest BCUT2D eigenvalue weighted by Crippen LogP contribution is 2.22. The molecular weight excluding hydrogens is 295 g/mol. The second kappa shape index (κ2) is 5.96. The molecule has 2 aromatic carbocycles. The van der Waals surface area contributed by atoms with Gasteiger partial charge in [0.1, 0.15) is 6.07 Å². The SMILES string of the molecule is Cc1cc(C(=O)Nc2cc(Cl)ccc2C#N)ccc1Cl. The normalized spacial score (nSPS) is 9.90. The fourth-order valence-corrected chi connectivity index (χ4v) is 1.99. The number of hydrogen-bond donors (Lipinski definition) is 1. The highest BCUT2D eigenvalue weighted by atomic mass is 35.5. The first-order valence-electron chi connectivity index (χ1n) is 5.78. The molecule has 0 radical (unpaired) electrons. The van der Waals surface area contributed by atoms with Crippen LogP contribution in [0.1, 0.15) is 21.5 Å². The zero-order valence-electron chi connectivity index (χ0n) is 10.6. The fraction of sp³-hybridized carbons (Fsp3) is 0.0667. The molecule has 3 nitrogen and oxygen atoms in total. The van der Waals surface area contributed by atoms with Gasteiger partial charge in [-0.1, -0.05) is 23.2 Å². The number of aryl methyl sites for hydroxylation is 1. The summed E-state index contributed by atoms with van der Waals surface area (Å²) in [5.74, 6) is -0.316. The molecule has 100 valence electrons. The first-order chi connectivity index (χ1) is 9.51. The third-order valence-electron chi connectivity index (χ3n) is 2.77. The number of nitrogens with one attached hydrogen (secondary N) is 1. The summed E-state index contributed by atoms with van der Waals surface area (Å²) in [5, 5.41) is 12.7. The van der Waals surface area contributed by atoms with Crippen LogP contribution in [0.4, 0.5) is 5.69 Å². The molecule has 0 aliphatic heterocycles. The van der Waals surface area contributed by atoms with Gasteiger partial charge >= 0.3 is 0 Å². The smallest absolute Gasteiger partial charge is 0.255 e. The van der Waals surface area contributed by atoms with Crippen LogP contribution in [0.15, 0.2) is 36.4 Å². The van der Waals surface area contributed by atoms with Crippen molar-refractivity contribution >= 4 is 34.8 Å². The minimum absolute atomic E-state index is 0.316. The minimum atomic E-state index is -0.316. The highest BCUT2D eigenvalue weighted by Gasteiger charge is 2.10. The average Bonchev–Trinajstić information content (AvgIpc) is 2.42. The molecule has 5 heteroatoms. The van der Waals surface area contributed by atoms with Crippen LogP contribution < -0.4 is 5.32 Å². The summed E-state index contributed by atoms with van der Waals surface area (Å²) < 4.78 is 0. The van der Waals surface area contributed by atoms with Crippen LogP contribution in [0.25, 0.3) is 0 Å². The molecule has 0 aliphatic rings. The molecule has 0 fully saturated rings. The van der Waals surface area contributed by atoms with Gasteiger partial charge < -0.3 is 5.32 Å². The maximum Gasteiger partial charge on any atom is 0.255 e. The van der Waals surface area contributed by atoms with Crippen LogP contribution >= 0.6 is 23.2 Å². The van der Waals surface area contributed by atoms with Crippen molar-refractivity contribution in [1.29, 1.82) is 5.26 Å². The molecule has 0 atom stereocenters. The molecular formula is C15H10Cl2N2O. The van der Waals surface area contributed by atoms with Crippen LogP contribution in [-0.2, 0) is 0 Å². The van der Waals surface area contributed by atoms with Gasteiger partial charge in [0.05, 0.1) is 11.3 Å². The first-order valence-corrected chi connectivity index (χ1v) is 6.54. The number of anilines is 1. The first kappa shape index (κ1) is 14.4. The summed E-state index contributed by atoms with van der Waals surface area (Å²) in [6, 6.07) is 11.7. The van der Waals surface area contributed by atoms with Crippen molar-refractivity contribution in [3.63, 3.8) is 0 Å². The maximum atomic E-state index is 12.2. The molecule has 0 saturated carbocycles. The van der Waals surface area contributed by atoms with Crippen molar-refractivity contribution in [2.45, 2.75) is 6.92 Å². The fourth-order valence-electron chi connectivity index (χ4n) is 1.70. The Kier molecular flexibility index (Phi) is 4.29. The van der Waals surface area contributed by atoms with Gasteiger partial charge in [-0.05, 0) is 48.9 Å². The van der Waals surface area contributed by atoms with Gasteiger partial charge in [0, 0.05) is 15.6 Å². The summed E-state index contributed by atoms with van der Waals surface area (Å²) >= 11 is 11.8. The van der Waals surface area contributed by atoms with Crippen molar-refractivity contribution in [3.05, 3.63) is 63.1 Å². The van der Waals surface area contributed by atoms with Crippen molar-refractivity contribution in [1.82, 2.24) is 0 Å². The summed E-state index contributed by atoms with van der Waals surface area (Å²) in [6.45, 7) is 1.82. The van der Waals surface area contributed by atoms with Crippen molar-refractivity contribution < 1.29 is 4.79 Å². The number of carbonyl (C=O) groups excluding carboxylic acids is 1. The largest absolute Gasteiger partial charge is 0.321 e. The highest BCUT2D eigenvalue weighted by molar-refractivity contribution is 6.31. The number of hydrogen-bond acceptors (Lipinski definition) is 2. The molecule has 0 unspecified atom stereocenters. The number of rotatable bonds is 2. The Balaban J connectivity index is 2.30. The van der Waals surface area contributed by atoms with E-state index in [1.165, 1.54) is 0 Å². The molecule has 0 saturated heterocycles. The van der Waals surface area contributed by atoms with Crippen molar-refractivity contribution in [3.8, 4) is 6.07 Å². The summed E-state index contributed by atoms with van der Waals surface area (Å²) in [4.78, 5) is 12.2. The number of benzene rings is 2. The van der Waals surface area contributed by atoms with Crippen LogP contribution in [0, 0.1) is 18.3 Å². The van der Waals surface area contributed by atoms with Gasteiger partial charge in [0.15, 0.2) is 0 Å². The van der Waals surface area contributed by atoms with Crippen LogP contribution in [-0.4, -0.2) is 5.91 Å².